The van der Waals surface area contributed by atoms with Crippen LogP contribution in [-0.4, -0.2) is 40.4 Å². The minimum atomic E-state index is 0. The zero-order valence-electron chi connectivity index (χ0n) is 16.9. The second kappa shape index (κ2) is 12.7. The summed E-state index contributed by atoms with van der Waals surface area (Å²) in [5, 5.41) is 15.6. The van der Waals surface area contributed by atoms with Gasteiger partial charge < -0.3 is 15.2 Å². The second-order valence-corrected chi connectivity index (χ2v) is 7.02. The molecule has 0 saturated carbocycles. The highest BCUT2D eigenvalue weighted by Crippen LogP contribution is 2.14. The summed E-state index contributed by atoms with van der Waals surface area (Å²) in [4.78, 5) is 4.70. The van der Waals surface area contributed by atoms with Crippen LogP contribution in [0.3, 0.4) is 0 Å². The van der Waals surface area contributed by atoms with Gasteiger partial charge in [-0.2, -0.15) is 0 Å². The van der Waals surface area contributed by atoms with Gasteiger partial charge in [0.2, 0.25) is 0 Å². The van der Waals surface area contributed by atoms with Crippen molar-refractivity contribution in [2.45, 2.75) is 58.4 Å². The van der Waals surface area contributed by atoms with Crippen molar-refractivity contribution in [3.05, 3.63) is 47.5 Å². The number of aryl methyl sites for hydroxylation is 2. The first kappa shape index (κ1) is 22.6. The molecule has 3 rings (SSSR count). The summed E-state index contributed by atoms with van der Waals surface area (Å²) in [7, 11) is 0. The molecular formula is C21H33IN6. The molecule has 0 amide bonds. The Hall–Kier alpha value is -1.64. The Kier molecular flexibility index (Phi) is 10.3. The van der Waals surface area contributed by atoms with Gasteiger partial charge in [0.05, 0.1) is 0 Å². The van der Waals surface area contributed by atoms with Crippen molar-refractivity contribution in [1.29, 1.82) is 0 Å². The molecule has 1 aromatic heterocycles. The van der Waals surface area contributed by atoms with E-state index in [1.54, 1.807) is 0 Å². The summed E-state index contributed by atoms with van der Waals surface area (Å²) in [6.07, 6.45) is 7.82. The third-order valence-corrected chi connectivity index (χ3v) is 4.91. The Morgan fingerprint density at radius 3 is 2.75 bits per heavy atom. The van der Waals surface area contributed by atoms with Gasteiger partial charge in [0.15, 0.2) is 5.96 Å². The van der Waals surface area contributed by atoms with E-state index in [2.05, 4.69) is 62.7 Å². The monoisotopic (exact) mass is 496 g/mol. The minimum Gasteiger partial charge on any atom is -0.357 e. The Balaban J connectivity index is 0.00000280. The molecule has 2 N–H and O–H groups in total. The van der Waals surface area contributed by atoms with Gasteiger partial charge in [-0.1, -0.05) is 36.8 Å². The fourth-order valence-corrected chi connectivity index (χ4v) is 3.48. The molecule has 0 fully saturated rings. The van der Waals surface area contributed by atoms with Crippen molar-refractivity contribution in [3.63, 3.8) is 0 Å². The normalized spacial score (nSPS) is 14.0. The zero-order chi connectivity index (χ0) is 18.7. The van der Waals surface area contributed by atoms with E-state index >= 15 is 0 Å². The van der Waals surface area contributed by atoms with Crippen LogP contribution in [0.4, 0.5) is 0 Å². The van der Waals surface area contributed by atoms with E-state index in [4.69, 9.17) is 4.99 Å². The quantitative estimate of drug-likeness (QED) is 0.255. The number of nitrogens with one attached hydrogen (secondary N) is 2. The van der Waals surface area contributed by atoms with E-state index in [1.807, 2.05) is 0 Å². The van der Waals surface area contributed by atoms with E-state index in [1.165, 1.54) is 24.8 Å². The largest absolute Gasteiger partial charge is 0.357 e. The van der Waals surface area contributed by atoms with Crippen LogP contribution in [0.5, 0.6) is 0 Å². The van der Waals surface area contributed by atoms with E-state index in [-0.39, 0.29) is 24.0 Å². The van der Waals surface area contributed by atoms with Gasteiger partial charge in [0.1, 0.15) is 11.6 Å². The van der Waals surface area contributed by atoms with Gasteiger partial charge in [0, 0.05) is 39.0 Å². The number of rotatable bonds is 8. The Morgan fingerprint density at radius 1 is 1.07 bits per heavy atom. The van der Waals surface area contributed by atoms with Gasteiger partial charge in [-0.15, -0.1) is 34.2 Å². The summed E-state index contributed by atoms with van der Waals surface area (Å²) in [6, 6.07) is 10.6. The molecule has 0 unspecified atom stereocenters. The highest BCUT2D eigenvalue weighted by Gasteiger charge is 2.14. The predicted octanol–water partition coefficient (Wildman–Crippen LogP) is 3.35. The number of hydrogen-bond acceptors (Lipinski definition) is 3. The molecule has 2 aromatic rings. The van der Waals surface area contributed by atoms with Crippen molar-refractivity contribution in [3.8, 4) is 0 Å². The number of aliphatic imine (C=N–C) groups is 1. The topological polar surface area (TPSA) is 67.1 Å². The number of hydrogen-bond donors (Lipinski definition) is 2. The van der Waals surface area contributed by atoms with Gasteiger partial charge in [0.25, 0.3) is 0 Å². The predicted molar refractivity (Wildman–Crippen MR) is 125 cm³/mol. The van der Waals surface area contributed by atoms with Crippen molar-refractivity contribution >= 4 is 29.9 Å². The molecule has 1 aromatic carbocycles. The molecule has 2 heterocycles. The number of benzene rings is 1. The fraction of sp³-hybridized carbons (Fsp3) is 0.571. The molecule has 0 spiro atoms. The standard InChI is InChI=1S/C21H32N6.HI/c1-2-22-21(23-15-9-12-18-10-5-3-6-11-18)24-16-14-20-26-25-19-13-7-4-8-17-27(19)20;/h3,5-6,10-11H,2,4,7-9,12-17H2,1H3,(H2,22,23,24);1H. The van der Waals surface area contributed by atoms with Crippen molar-refractivity contribution in [1.82, 2.24) is 25.4 Å². The first-order valence-corrected chi connectivity index (χ1v) is 10.3. The number of fused-ring (bicyclic) bond motifs is 1. The molecule has 0 saturated heterocycles. The maximum absolute atomic E-state index is 4.70. The number of guanidine groups is 1. The third-order valence-electron chi connectivity index (χ3n) is 4.91. The van der Waals surface area contributed by atoms with Crippen molar-refractivity contribution in [2.24, 2.45) is 4.99 Å². The van der Waals surface area contributed by atoms with Crippen LogP contribution in [0.1, 0.15) is 49.8 Å². The van der Waals surface area contributed by atoms with E-state index in [9.17, 15) is 0 Å². The number of aromatic nitrogens is 3. The Labute approximate surface area is 185 Å². The summed E-state index contributed by atoms with van der Waals surface area (Å²) in [5.74, 6) is 3.14. The lowest BCUT2D eigenvalue weighted by atomic mass is 10.1. The lowest BCUT2D eigenvalue weighted by Gasteiger charge is -2.12. The van der Waals surface area contributed by atoms with Crippen molar-refractivity contribution < 1.29 is 0 Å². The molecule has 0 atom stereocenters. The molecule has 0 bridgehead atoms. The average molecular weight is 496 g/mol. The molecule has 28 heavy (non-hydrogen) atoms. The highest BCUT2D eigenvalue weighted by atomic mass is 127. The van der Waals surface area contributed by atoms with E-state index < -0.39 is 0 Å². The van der Waals surface area contributed by atoms with Crippen molar-refractivity contribution in [2.75, 3.05) is 19.6 Å². The third kappa shape index (κ3) is 7.07. The minimum absolute atomic E-state index is 0. The summed E-state index contributed by atoms with van der Waals surface area (Å²) in [6.45, 7) is 5.67. The fourth-order valence-electron chi connectivity index (χ4n) is 3.48. The molecule has 1 aliphatic rings. The smallest absolute Gasteiger partial charge is 0.191 e. The van der Waals surface area contributed by atoms with Crippen LogP contribution in [0.2, 0.25) is 0 Å². The molecule has 154 valence electrons. The Bertz CT molecular complexity index is 713. The molecule has 7 heteroatoms. The van der Waals surface area contributed by atoms with Crippen LogP contribution in [0.25, 0.3) is 0 Å². The maximum Gasteiger partial charge on any atom is 0.191 e. The number of nitrogens with zero attached hydrogens (tertiary/aromatic N) is 4. The Morgan fingerprint density at radius 2 is 1.93 bits per heavy atom. The first-order chi connectivity index (χ1) is 13.4. The van der Waals surface area contributed by atoms with Crippen LogP contribution in [-0.2, 0) is 25.8 Å². The van der Waals surface area contributed by atoms with Crippen LogP contribution >= 0.6 is 24.0 Å². The van der Waals surface area contributed by atoms with Crippen LogP contribution in [0, 0.1) is 0 Å². The summed E-state index contributed by atoms with van der Waals surface area (Å²) >= 11 is 0. The van der Waals surface area contributed by atoms with Gasteiger partial charge >= 0.3 is 0 Å². The molecule has 0 aliphatic carbocycles. The van der Waals surface area contributed by atoms with Gasteiger partial charge in [-0.25, -0.2) is 0 Å². The maximum atomic E-state index is 4.70. The van der Waals surface area contributed by atoms with E-state index in [0.717, 1.165) is 69.5 Å². The van der Waals surface area contributed by atoms with E-state index in [0.29, 0.717) is 0 Å². The molecule has 6 nitrogen and oxygen atoms in total. The average Bonchev–Trinajstić information content (AvgIpc) is 2.92. The second-order valence-electron chi connectivity index (χ2n) is 7.02. The van der Waals surface area contributed by atoms with Gasteiger partial charge in [-0.3, -0.25) is 4.99 Å². The molecular weight excluding hydrogens is 463 g/mol. The molecule has 1 aliphatic heterocycles. The first-order valence-electron chi connectivity index (χ1n) is 10.3. The summed E-state index contributed by atoms with van der Waals surface area (Å²) < 4.78 is 2.32. The highest BCUT2D eigenvalue weighted by molar-refractivity contribution is 14.0. The number of halogens is 1. The lowest BCUT2D eigenvalue weighted by molar-refractivity contribution is 0.600. The van der Waals surface area contributed by atoms with Gasteiger partial charge in [-0.05, 0) is 38.2 Å². The zero-order valence-corrected chi connectivity index (χ0v) is 19.2. The molecule has 0 radical (unpaired) electrons. The SMILES string of the molecule is CCNC(=NCCCc1ccccc1)NCCc1nnc2n1CCCCC2.I. The summed E-state index contributed by atoms with van der Waals surface area (Å²) in [5.41, 5.74) is 1.37. The van der Waals surface area contributed by atoms with Crippen LogP contribution < -0.4 is 10.6 Å². The lowest BCUT2D eigenvalue weighted by Crippen LogP contribution is -2.38. The van der Waals surface area contributed by atoms with Crippen LogP contribution in [0.15, 0.2) is 35.3 Å².